The van der Waals surface area contributed by atoms with Crippen molar-refractivity contribution in [3.8, 4) is 0 Å². The zero-order chi connectivity index (χ0) is 26.4. The van der Waals surface area contributed by atoms with Gasteiger partial charge < -0.3 is 19.6 Å². The third kappa shape index (κ3) is 3.88. The molecule has 0 aromatic heterocycles. The first-order valence-corrected chi connectivity index (χ1v) is 14.3. The van der Waals surface area contributed by atoms with Gasteiger partial charge in [-0.15, -0.1) is 11.8 Å². The maximum Gasteiger partial charge on any atom is 0.311 e. The lowest BCUT2D eigenvalue weighted by atomic mass is 9.78. The number of rotatable bonds is 3. The number of allylic oxidation sites excluding steroid dienone is 1. The molecule has 0 aliphatic carbocycles. The highest BCUT2D eigenvalue weighted by molar-refractivity contribution is 8.02. The van der Waals surface area contributed by atoms with Gasteiger partial charge in [-0.2, -0.15) is 0 Å². The van der Waals surface area contributed by atoms with Crippen LogP contribution in [0.4, 0.5) is 5.69 Å². The number of benzene rings is 2. The molecule has 2 aromatic carbocycles. The molecule has 4 aliphatic rings. The molecule has 0 bridgehead atoms. The summed E-state index contributed by atoms with van der Waals surface area (Å²) in [6.07, 6.45) is 10.7. The van der Waals surface area contributed by atoms with Crippen molar-refractivity contribution in [2.75, 3.05) is 24.7 Å². The molecule has 4 heterocycles. The van der Waals surface area contributed by atoms with Crippen molar-refractivity contribution < 1.29 is 24.2 Å². The van der Waals surface area contributed by atoms with E-state index in [-0.39, 0.29) is 29.6 Å². The lowest BCUT2D eigenvalue weighted by Crippen LogP contribution is -2.56. The van der Waals surface area contributed by atoms with E-state index in [1.165, 1.54) is 16.7 Å². The summed E-state index contributed by atoms with van der Waals surface area (Å²) in [4.78, 5) is 45.3. The van der Waals surface area contributed by atoms with Crippen LogP contribution in [-0.4, -0.2) is 69.6 Å². The van der Waals surface area contributed by atoms with Crippen molar-refractivity contribution in [1.29, 1.82) is 0 Å². The van der Waals surface area contributed by atoms with Crippen LogP contribution in [0.5, 0.6) is 0 Å². The Hall–Kier alpha value is -3.10. The highest BCUT2D eigenvalue weighted by Crippen LogP contribution is 2.61. The third-order valence-electron chi connectivity index (χ3n) is 8.32. The molecule has 7 nitrogen and oxygen atoms in total. The number of nitrogens with zero attached hydrogens (tertiary/aromatic N) is 2. The number of ether oxygens (including phenoxy) is 1. The zero-order valence-corrected chi connectivity index (χ0v) is 22.2. The van der Waals surface area contributed by atoms with Gasteiger partial charge in [-0.25, -0.2) is 0 Å². The number of carbonyl (C=O) groups excluding carboxylic acids is 3. The van der Waals surface area contributed by atoms with Gasteiger partial charge in [-0.1, -0.05) is 54.6 Å². The fourth-order valence-electron chi connectivity index (χ4n) is 6.49. The maximum atomic E-state index is 14.5. The number of fused-ring (bicyclic) bond motifs is 3. The van der Waals surface area contributed by atoms with Crippen LogP contribution < -0.4 is 4.90 Å². The number of likely N-dealkylation sites (tertiary alicyclic amines) is 1. The standard InChI is InChI=1S/C30H32N2O5S/c1-19(18-33)32-26-28(35)31(22-13-12-20-9-5-6-10-21(20)17-22)15-8-14-30(26)25(27(32)34)24-23(38-30)11-4-2-3-7-16-37-29(24)36/h4-6,8-14,17,19,23-26,33H,2-3,7,15-16,18H2,1H3/b11-4-/t19-,23-,24+,25+,26?,30+/m1/s1. The summed E-state index contributed by atoms with van der Waals surface area (Å²) in [5.74, 6) is -2.28. The SMILES string of the molecule is C[C@H](CO)N1C(=O)[C@@H]2[C@H]3C(=O)OCCCC/C=C\[C@H]3S[C@@]23C=CCN(c2ccc4ccccc4c2)C(=O)C13. The van der Waals surface area contributed by atoms with Gasteiger partial charge in [0.15, 0.2) is 0 Å². The van der Waals surface area contributed by atoms with Crippen molar-refractivity contribution in [2.24, 2.45) is 11.8 Å². The molecule has 2 amide bonds. The number of anilines is 1. The van der Waals surface area contributed by atoms with Gasteiger partial charge in [0.25, 0.3) is 5.91 Å². The number of hydrogen-bond acceptors (Lipinski definition) is 6. The number of cyclic esters (lactones) is 1. The van der Waals surface area contributed by atoms with E-state index >= 15 is 0 Å². The second-order valence-electron chi connectivity index (χ2n) is 10.6. The van der Waals surface area contributed by atoms with Crippen LogP contribution in [0.25, 0.3) is 10.8 Å². The van der Waals surface area contributed by atoms with Gasteiger partial charge in [-0.05, 0) is 49.1 Å². The Bertz CT molecular complexity index is 1340. The van der Waals surface area contributed by atoms with Crippen molar-refractivity contribution in [3.63, 3.8) is 0 Å². The molecule has 8 heteroatoms. The molecule has 38 heavy (non-hydrogen) atoms. The summed E-state index contributed by atoms with van der Waals surface area (Å²) >= 11 is 1.53. The van der Waals surface area contributed by atoms with E-state index < -0.39 is 28.7 Å². The molecule has 2 saturated heterocycles. The molecular formula is C30H32N2O5S. The minimum absolute atomic E-state index is 0.199. The molecule has 0 saturated carbocycles. The second kappa shape index (κ2) is 9.89. The molecule has 1 N–H and O–H groups in total. The number of aliphatic hydroxyl groups is 1. The smallest absolute Gasteiger partial charge is 0.311 e. The first kappa shape index (κ1) is 25.2. The molecular weight excluding hydrogens is 500 g/mol. The van der Waals surface area contributed by atoms with Crippen molar-refractivity contribution in [3.05, 3.63) is 66.8 Å². The van der Waals surface area contributed by atoms with E-state index in [0.717, 1.165) is 35.7 Å². The summed E-state index contributed by atoms with van der Waals surface area (Å²) in [7, 11) is 0. The van der Waals surface area contributed by atoms with Crippen molar-refractivity contribution in [2.45, 2.75) is 48.3 Å². The van der Waals surface area contributed by atoms with Crippen LogP contribution in [0, 0.1) is 11.8 Å². The number of esters is 1. The molecule has 1 spiro atoms. The molecule has 0 radical (unpaired) electrons. The fourth-order valence-corrected chi connectivity index (χ4v) is 8.48. The lowest BCUT2D eigenvalue weighted by Gasteiger charge is -2.37. The predicted octanol–water partition coefficient (Wildman–Crippen LogP) is 3.70. The van der Waals surface area contributed by atoms with E-state index in [4.69, 9.17) is 4.74 Å². The molecule has 2 aromatic rings. The number of hydrogen-bond donors (Lipinski definition) is 1. The van der Waals surface area contributed by atoms with E-state index in [1.54, 1.807) is 11.8 Å². The van der Waals surface area contributed by atoms with E-state index in [9.17, 15) is 19.5 Å². The number of aliphatic hydroxyl groups excluding tert-OH is 1. The summed E-state index contributed by atoms with van der Waals surface area (Å²) in [6.45, 7) is 2.16. The highest BCUT2D eigenvalue weighted by atomic mass is 32.2. The molecule has 1 unspecified atom stereocenters. The molecule has 6 atom stereocenters. The van der Waals surface area contributed by atoms with Gasteiger partial charge in [0.05, 0.1) is 35.8 Å². The second-order valence-corrected chi connectivity index (χ2v) is 12.1. The third-order valence-corrected chi connectivity index (χ3v) is 10.1. The number of thioether (sulfide) groups is 1. The summed E-state index contributed by atoms with van der Waals surface area (Å²) in [6, 6.07) is 12.5. The predicted molar refractivity (Wildman–Crippen MR) is 148 cm³/mol. The minimum Gasteiger partial charge on any atom is -0.465 e. The molecule has 4 aliphatic heterocycles. The normalized spacial score (nSPS) is 32.8. The van der Waals surface area contributed by atoms with Gasteiger partial charge in [0.2, 0.25) is 5.91 Å². The average molecular weight is 533 g/mol. The highest BCUT2D eigenvalue weighted by Gasteiger charge is 2.71. The van der Waals surface area contributed by atoms with Gasteiger partial charge >= 0.3 is 5.97 Å². The first-order valence-electron chi connectivity index (χ1n) is 13.4. The first-order chi connectivity index (χ1) is 18.5. The van der Waals surface area contributed by atoms with E-state index in [0.29, 0.717) is 13.2 Å². The minimum atomic E-state index is -0.935. The van der Waals surface area contributed by atoms with Crippen LogP contribution in [0.1, 0.15) is 26.2 Å². The van der Waals surface area contributed by atoms with Crippen LogP contribution in [0.3, 0.4) is 0 Å². The van der Waals surface area contributed by atoms with Crippen molar-refractivity contribution >= 4 is 46.0 Å². The topological polar surface area (TPSA) is 87.2 Å². The van der Waals surface area contributed by atoms with Crippen molar-refractivity contribution in [1.82, 2.24) is 4.90 Å². The van der Waals surface area contributed by atoms with Crippen LogP contribution in [0.15, 0.2) is 66.8 Å². The number of carbonyl (C=O) groups is 3. The molecule has 2 fully saturated rings. The van der Waals surface area contributed by atoms with E-state index in [1.807, 2.05) is 60.7 Å². The molecule has 198 valence electrons. The van der Waals surface area contributed by atoms with Gasteiger partial charge in [-0.3, -0.25) is 14.4 Å². The summed E-state index contributed by atoms with van der Waals surface area (Å²) in [5, 5.41) is 11.9. The van der Waals surface area contributed by atoms with Gasteiger partial charge in [0, 0.05) is 17.5 Å². The Labute approximate surface area is 226 Å². The van der Waals surface area contributed by atoms with Gasteiger partial charge in [0.1, 0.15) is 6.04 Å². The summed E-state index contributed by atoms with van der Waals surface area (Å²) < 4.78 is 4.72. The van der Waals surface area contributed by atoms with Crippen LogP contribution in [0.2, 0.25) is 0 Å². The average Bonchev–Trinajstić information content (AvgIpc) is 3.32. The summed E-state index contributed by atoms with van der Waals surface area (Å²) in [5.41, 5.74) is 0.754. The van der Waals surface area contributed by atoms with E-state index in [2.05, 4.69) is 6.08 Å². The fraction of sp³-hybridized carbons (Fsp3) is 0.433. The van der Waals surface area contributed by atoms with Crippen LogP contribution >= 0.6 is 11.8 Å². The zero-order valence-electron chi connectivity index (χ0n) is 21.4. The number of amides is 2. The monoisotopic (exact) mass is 532 g/mol. The molecule has 6 rings (SSSR count). The quantitative estimate of drug-likeness (QED) is 0.479. The Morgan fingerprint density at radius 1 is 1.08 bits per heavy atom. The lowest BCUT2D eigenvalue weighted by molar-refractivity contribution is -0.153. The maximum absolute atomic E-state index is 14.5. The Morgan fingerprint density at radius 2 is 1.89 bits per heavy atom. The van der Waals surface area contributed by atoms with Crippen LogP contribution in [-0.2, 0) is 19.1 Å². The Balaban J connectivity index is 1.46. The largest absolute Gasteiger partial charge is 0.465 e. The Kier molecular flexibility index (Phi) is 6.56. The Morgan fingerprint density at radius 3 is 2.71 bits per heavy atom.